The molecule has 0 bridgehead atoms. The highest BCUT2D eigenvalue weighted by Gasteiger charge is 2.46. The van der Waals surface area contributed by atoms with E-state index in [0.29, 0.717) is 17.1 Å². The van der Waals surface area contributed by atoms with Crippen molar-refractivity contribution >= 4 is 40.4 Å². The molecule has 1 aromatic heterocycles. The molecule has 1 unspecified atom stereocenters. The summed E-state index contributed by atoms with van der Waals surface area (Å²) >= 11 is 7.55. The summed E-state index contributed by atoms with van der Waals surface area (Å²) in [7, 11) is 0. The van der Waals surface area contributed by atoms with Crippen LogP contribution in [0, 0.1) is 6.92 Å². The summed E-state index contributed by atoms with van der Waals surface area (Å²) in [6.45, 7) is 2.23. The van der Waals surface area contributed by atoms with Crippen molar-refractivity contribution in [2.24, 2.45) is 0 Å². The van der Waals surface area contributed by atoms with Gasteiger partial charge in [0.2, 0.25) is 0 Å². The summed E-state index contributed by atoms with van der Waals surface area (Å²) < 4.78 is 0. The van der Waals surface area contributed by atoms with Crippen LogP contribution in [-0.2, 0) is 16.1 Å². The summed E-state index contributed by atoms with van der Waals surface area (Å²) in [4.78, 5) is 28.3. The third-order valence-corrected chi connectivity index (χ3v) is 6.07. The normalized spacial score (nSPS) is 18.4. The van der Waals surface area contributed by atoms with Crippen molar-refractivity contribution in [1.82, 2.24) is 4.90 Å². The average Bonchev–Trinajstić information content (AvgIpc) is 3.31. The fourth-order valence-electron chi connectivity index (χ4n) is 3.47. The van der Waals surface area contributed by atoms with Gasteiger partial charge in [-0.3, -0.25) is 9.59 Å². The molecule has 1 amide bonds. The van der Waals surface area contributed by atoms with Gasteiger partial charge in [-0.05, 0) is 36.1 Å². The topological polar surface area (TPSA) is 57.6 Å². The van der Waals surface area contributed by atoms with Crippen LogP contribution in [0.1, 0.15) is 27.6 Å². The Bertz CT molecular complexity index is 1090. The number of benzene rings is 2. The molecule has 4 rings (SSSR count). The third kappa shape index (κ3) is 3.71. The predicted molar refractivity (Wildman–Crippen MR) is 115 cm³/mol. The second kappa shape index (κ2) is 7.85. The first-order chi connectivity index (χ1) is 14.0. The lowest BCUT2D eigenvalue weighted by Gasteiger charge is -2.25. The Kier molecular flexibility index (Phi) is 5.26. The minimum absolute atomic E-state index is 0.0951. The molecule has 1 fully saturated rings. The number of carbonyl (C=O) groups excluding carboxylic acids is 2. The van der Waals surface area contributed by atoms with Crippen LogP contribution >= 0.6 is 22.9 Å². The van der Waals surface area contributed by atoms with E-state index in [2.05, 4.69) is 0 Å². The van der Waals surface area contributed by atoms with Crippen LogP contribution in [0.3, 0.4) is 0 Å². The van der Waals surface area contributed by atoms with E-state index in [4.69, 9.17) is 11.6 Å². The molecule has 1 atom stereocenters. The standard InChI is InChI=1S/C23H18ClNO3S/c1-14-4-6-16(7-5-14)21(26)19-20(15-8-10-17(24)11-9-15)25(23(28)22(19)27)13-18-3-2-12-29-18/h2-12,20,26H,13H2,1H3/b21-19-. The van der Waals surface area contributed by atoms with E-state index in [-0.39, 0.29) is 11.3 Å². The summed E-state index contributed by atoms with van der Waals surface area (Å²) in [5, 5.41) is 13.5. The van der Waals surface area contributed by atoms with Gasteiger partial charge in [0.1, 0.15) is 5.76 Å². The highest BCUT2D eigenvalue weighted by Crippen LogP contribution is 2.40. The molecule has 2 heterocycles. The fraction of sp³-hybridized carbons (Fsp3) is 0.130. The van der Waals surface area contributed by atoms with Gasteiger partial charge in [-0.15, -0.1) is 11.3 Å². The van der Waals surface area contributed by atoms with Crippen molar-refractivity contribution in [3.63, 3.8) is 0 Å². The largest absolute Gasteiger partial charge is 0.507 e. The maximum Gasteiger partial charge on any atom is 0.295 e. The van der Waals surface area contributed by atoms with Crippen LogP contribution in [0.15, 0.2) is 71.6 Å². The van der Waals surface area contributed by atoms with Crippen LogP contribution in [-0.4, -0.2) is 21.7 Å². The molecule has 1 saturated heterocycles. The Morgan fingerprint density at radius 3 is 2.38 bits per heavy atom. The highest BCUT2D eigenvalue weighted by atomic mass is 35.5. The number of Topliss-reactive ketones (excluding diaryl/α,β-unsaturated/α-hetero) is 1. The van der Waals surface area contributed by atoms with Crippen LogP contribution in [0.4, 0.5) is 0 Å². The van der Waals surface area contributed by atoms with E-state index >= 15 is 0 Å². The number of likely N-dealkylation sites (tertiary alicyclic amines) is 1. The van der Waals surface area contributed by atoms with Gasteiger partial charge in [-0.2, -0.15) is 0 Å². The number of aliphatic hydroxyl groups is 1. The highest BCUT2D eigenvalue weighted by molar-refractivity contribution is 7.09. The van der Waals surface area contributed by atoms with Crippen LogP contribution in [0.25, 0.3) is 5.76 Å². The molecule has 0 radical (unpaired) electrons. The number of hydrogen-bond acceptors (Lipinski definition) is 4. The first-order valence-corrected chi connectivity index (χ1v) is 10.3. The first-order valence-electron chi connectivity index (χ1n) is 9.09. The van der Waals surface area contributed by atoms with E-state index < -0.39 is 17.7 Å². The molecule has 1 aliphatic heterocycles. The maximum atomic E-state index is 12.9. The molecule has 29 heavy (non-hydrogen) atoms. The second-order valence-corrected chi connectivity index (χ2v) is 8.39. The van der Waals surface area contributed by atoms with E-state index in [1.807, 2.05) is 36.6 Å². The molecule has 6 heteroatoms. The van der Waals surface area contributed by atoms with Crippen molar-refractivity contribution in [3.8, 4) is 0 Å². The predicted octanol–water partition coefficient (Wildman–Crippen LogP) is 5.33. The van der Waals surface area contributed by atoms with Gasteiger partial charge in [0.25, 0.3) is 11.7 Å². The molecule has 1 N–H and O–H groups in total. The zero-order chi connectivity index (χ0) is 20.5. The second-order valence-electron chi connectivity index (χ2n) is 6.92. The van der Waals surface area contributed by atoms with Gasteiger partial charge >= 0.3 is 0 Å². The van der Waals surface area contributed by atoms with Gasteiger partial charge in [0, 0.05) is 15.5 Å². The zero-order valence-corrected chi connectivity index (χ0v) is 17.2. The van der Waals surface area contributed by atoms with Crippen molar-refractivity contribution in [2.45, 2.75) is 19.5 Å². The van der Waals surface area contributed by atoms with Gasteiger partial charge in [-0.25, -0.2) is 0 Å². The average molecular weight is 424 g/mol. The Labute approximate surface area is 177 Å². The lowest BCUT2D eigenvalue weighted by atomic mass is 9.95. The fourth-order valence-corrected chi connectivity index (χ4v) is 4.30. The summed E-state index contributed by atoms with van der Waals surface area (Å²) in [5.74, 6) is -1.47. The van der Waals surface area contributed by atoms with Crippen molar-refractivity contribution < 1.29 is 14.7 Å². The quantitative estimate of drug-likeness (QED) is 0.350. The number of ketones is 1. The molecule has 0 aliphatic carbocycles. The monoisotopic (exact) mass is 423 g/mol. The van der Waals surface area contributed by atoms with Gasteiger partial charge in [-0.1, -0.05) is 59.6 Å². The number of halogens is 1. The Morgan fingerprint density at radius 1 is 1.07 bits per heavy atom. The summed E-state index contributed by atoms with van der Waals surface area (Å²) in [5.41, 5.74) is 2.36. The van der Waals surface area contributed by atoms with Gasteiger partial charge in [0.15, 0.2) is 0 Å². The number of hydrogen-bond donors (Lipinski definition) is 1. The van der Waals surface area contributed by atoms with Crippen LogP contribution in [0.5, 0.6) is 0 Å². The SMILES string of the molecule is Cc1ccc(/C(O)=C2/C(=O)C(=O)N(Cc3cccs3)C2c2ccc(Cl)cc2)cc1. The molecule has 0 spiro atoms. The lowest BCUT2D eigenvalue weighted by Crippen LogP contribution is -2.28. The number of aliphatic hydroxyl groups excluding tert-OH is 1. The minimum atomic E-state index is -0.685. The molecule has 1 aliphatic rings. The first kappa shape index (κ1) is 19.4. The van der Waals surface area contributed by atoms with Crippen LogP contribution in [0.2, 0.25) is 5.02 Å². The van der Waals surface area contributed by atoms with Crippen molar-refractivity contribution in [3.05, 3.63) is 98.2 Å². The zero-order valence-electron chi connectivity index (χ0n) is 15.6. The van der Waals surface area contributed by atoms with Crippen molar-refractivity contribution in [1.29, 1.82) is 0 Å². The molecule has 0 saturated carbocycles. The van der Waals surface area contributed by atoms with E-state index in [9.17, 15) is 14.7 Å². The Morgan fingerprint density at radius 2 is 1.76 bits per heavy atom. The smallest absolute Gasteiger partial charge is 0.295 e. The van der Waals surface area contributed by atoms with E-state index in [1.54, 1.807) is 36.4 Å². The Balaban J connectivity index is 1.86. The number of nitrogens with zero attached hydrogens (tertiary/aromatic N) is 1. The van der Waals surface area contributed by atoms with E-state index in [0.717, 1.165) is 16.0 Å². The molecular weight excluding hydrogens is 406 g/mol. The molecular formula is C23H18ClNO3S. The third-order valence-electron chi connectivity index (χ3n) is 4.96. The molecule has 4 nitrogen and oxygen atoms in total. The maximum absolute atomic E-state index is 12.9. The van der Waals surface area contributed by atoms with Crippen LogP contribution < -0.4 is 0 Å². The number of aryl methyl sites for hydroxylation is 1. The summed E-state index contributed by atoms with van der Waals surface area (Å²) in [6, 6.07) is 17.3. The van der Waals surface area contributed by atoms with E-state index in [1.165, 1.54) is 16.2 Å². The summed E-state index contributed by atoms with van der Waals surface area (Å²) in [6.07, 6.45) is 0. The molecule has 146 valence electrons. The number of rotatable bonds is 4. The Hall–Kier alpha value is -2.89. The number of amides is 1. The van der Waals surface area contributed by atoms with Gasteiger partial charge in [0.05, 0.1) is 18.2 Å². The van der Waals surface area contributed by atoms with Gasteiger partial charge < -0.3 is 10.0 Å². The number of thiophene rings is 1. The minimum Gasteiger partial charge on any atom is -0.507 e. The number of carbonyl (C=O) groups is 2. The van der Waals surface area contributed by atoms with Crippen molar-refractivity contribution in [2.75, 3.05) is 0 Å². The molecule has 3 aromatic rings. The lowest BCUT2D eigenvalue weighted by molar-refractivity contribution is -0.140. The molecule has 2 aromatic carbocycles.